The molecule has 1 aromatic rings. The van der Waals surface area contributed by atoms with E-state index in [-0.39, 0.29) is 0 Å². The summed E-state index contributed by atoms with van der Waals surface area (Å²) in [4.78, 5) is 3.83. The minimum absolute atomic E-state index is 0.581. The topological polar surface area (TPSA) is 36.7 Å². The minimum atomic E-state index is 0.581. The van der Waals surface area contributed by atoms with E-state index in [2.05, 4.69) is 32.7 Å². The Morgan fingerprint density at radius 2 is 1.29 bits per heavy atom. The molecule has 0 aliphatic rings. The van der Waals surface area contributed by atoms with Crippen LogP contribution < -0.4 is 0 Å². The number of pyridine rings is 1. The van der Waals surface area contributed by atoms with Crippen LogP contribution in [-0.4, -0.2) is 10.7 Å². The SMILES string of the molecule is CC.CC(=N)c1ccncc1.CCC.CCC. The van der Waals surface area contributed by atoms with E-state index in [0.717, 1.165) is 5.56 Å². The Morgan fingerprint density at radius 1 is 1.00 bits per heavy atom. The molecule has 1 rings (SSSR count). The lowest BCUT2D eigenvalue weighted by Gasteiger charge is -1.92. The molecule has 0 saturated heterocycles. The molecule has 0 fully saturated rings. The van der Waals surface area contributed by atoms with Gasteiger partial charge in [-0.25, -0.2) is 0 Å². The van der Waals surface area contributed by atoms with Gasteiger partial charge in [-0.3, -0.25) is 4.98 Å². The fourth-order valence-corrected chi connectivity index (χ4v) is 0.602. The summed E-state index contributed by atoms with van der Waals surface area (Å²) >= 11 is 0. The Hall–Kier alpha value is -1.18. The van der Waals surface area contributed by atoms with Gasteiger partial charge in [0.2, 0.25) is 0 Å². The summed E-state index contributed by atoms with van der Waals surface area (Å²) in [5.74, 6) is 0. The summed E-state index contributed by atoms with van der Waals surface area (Å²) < 4.78 is 0. The van der Waals surface area contributed by atoms with Gasteiger partial charge in [0.15, 0.2) is 0 Å². The summed E-state index contributed by atoms with van der Waals surface area (Å²) in [7, 11) is 0. The maximum absolute atomic E-state index is 7.21. The summed E-state index contributed by atoms with van der Waals surface area (Å²) in [5, 5.41) is 7.21. The molecule has 0 bridgehead atoms. The fourth-order valence-electron chi connectivity index (χ4n) is 0.602. The molecule has 1 N–H and O–H groups in total. The third kappa shape index (κ3) is 20.8. The van der Waals surface area contributed by atoms with E-state index in [9.17, 15) is 0 Å². The molecule has 0 aliphatic heterocycles. The number of nitrogens with one attached hydrogen (secondary N) is 1. The summed E-state index contributed by atoms with van der Waals surface area (Å²) in [5.41, 5.74) is 1.52. The van der Waals surface area contributed by atoms with Gasteiger partial charge in [-0.2, -0.15) is 0 Å². The van der Waals surface area contributed by atoms with Crippen molar-refractivity contribution in [3.05, 3.63) is 30.1 Å². The summed E-state index contributed by atoms with van der Waals surface area (Å²) in [6, 6.07) is 3.64. The highest BCUT2D eigenvalue weighted by atomic mass is 14.6. The number of aromatic nitrogens is 1. The van der Waals surface area contributed by atoms with Crippen molar-refractivity contribution in [2.45, 2.75) is 61.3 Å². The highest BCUT2D eigenvalue weighted by Crippen LogP contribution is 1.95. The number of rotatable bonds is 1. The van der Waals surface area contributed by atoms with Crippen molar-refractivity contribution in [3.63, 3.8) is 0 Å². The van der Waals surface area contributed by atoms with Crippen LogP contribution >= 0.6 is 0 Å². The van der Waals surface area contributed by atoms with E-state index in [1.54, 1.807) is 19.3 Å². The zero-order valence-corrected chi connectivity index (χ0v) is 12.7. The van der Waals surface area contributed by atoms with Gasteiger partial charge in [-0.15, -0.1) is 0 Å². The molecule has 0 aliphatic carbocycles. The van der Waals surface area contributed by atoms with Gasteiger partial charge in [-0.1, -0.05) is 54.4 Å². The predicted octanol–water partition coefficient (Wildman–Crippen LogP) is 5.33. The van der Waals surface area contributed by atoms with Gasteiger partial charge >= 0.3 is 0 Å². The summed E-state index contributed by atoms with van der Waals surface area (Å²) in [6.45, 7) is 14.3. The third-order valence-electron chi connectivity index (χ3n) is 1.11. The lowest BCUT2D eigenvalue weighted by atomic mass is 10.2. The Kier molecular flexibility index (Phi) is 25.2. The highest BCUT2D eigenvalue weighted by Gasteiger charge is 1.89. The van der Waals surface area contributed by atoms with E-state index >= 15 is 0 Å². The molecule has 2 heteroatoms. The first-order chi connectivity index (χ1) is 8.13. The molecule has 0 spiro atoms. The largest absolute Gasteiger partial charge is 0.305 e. The molecule has 0 saturated carbocycles. The maximum Gasteiger partial charge on any atom is 0.0356 e. The zero-order chi connectivity index (χ0) is 14.1. The van der Waals surface area contributed by atoms with Crippen LogP contribution in [-0.2, 0) is 0 Å². The van der Waals surface area contributed by atoms with Crippen LogP contribution in [0.5, 0.6) is 0 Å². The molecule has 1 aromatic heterocycles. The number of hydrogen-bond donors (Lipinski definition) is 1. The van der Waals surface area contributed by atoms with Gasteiger partial charge in [0.25, 0.3) is 0 Å². The van der Waals surface area contributed by atoms with E-state index in [4.69, 9.17) is 5.41 Å². The molecular formula is C15H30N2. The van der Waals surface area contributed by atoms with Crippen LogP contribution in [0.1, 0.15) is 66.9 Å². The normalized spacial score (nSPS) is 7.24. The Balaban J connectivity index is -0.000000207. The molecule has 0 unspecified atom stereocenters. The van der Waals surface area contributed by atoms with Crippen molar-refractivity contribution >= 4 is 5.71 Å². The maximum atomic E-state index is 7.21. The van der Waals surface area contributed by atoms with Gasteiger partial charge in [0.05, 0.1) is 0 Å². The van der Waals surface area contributed by atoms with Crippen molar-refractivity contribution in [3.8, 4) is 0 Å². The average Bonchev–Trinajstić information content (AvgIpc) is 2.35. The van der Waals surface area contributed by atoms with Crippen molar-refractivity contribution in [1.29, 1.82) is 5.41 Å². The average molecular weight is 238 g/mol. The van der Waals surface area contributed by atoms with Crippen LogP contribution in [0.4, 0.5) is 0 Å². The third-order valence-corrected chi connectivity index (χ3v) is 1.11. The van der Waals surface area contributed by atoms with Crippen LogP contribution in [0.2, 0.25) is 0 Å². The van der Waals surface area contributed by atoms with Gasteiger partial charge in [0, 0.05) is 18.1 Å². The first-order valence-corrected chi connectivity index (χ1v) is 6.59. The van der Waals surface area contributed by atoms with Gasteiger partial charge in [0.1, 0.15) is 0 Å². The first kappa shape index (κ1) is 21.1. The van der Waals surface area contributed by atoms with Gasteiger partial charge in [-0.05, 0) is 24.6 Å². The Bertz CT molecular complexity index is 228. The quantitative estimate of drug-likeness (QED) is 0.660. The number of nitrogens with zero attached hydrogens (tertiary/aromatic N) is 1. The van der Waals surface area contributed by atoms with Crippen molar-refractivity contribution in [2.24, 2.45) is 0 Å². The van der Waals surface area contributed by atoms with Crippen molar-refractivity contribution in [2.75, 3.05) is 0 Å². The Morgan fingerprint density at radius 3 is 1.47 bits per heavy atom. The lowest BCUT2D eigenvalue weighted by Crippen LogP contribution is -1.89. The lowest BCUT2D eigenvalue weighted by molar-refractivity contribution is 1.09. The molecule has 1 heterocycles. The molecule has 2 nitrogen and oxygen atoms in total. The standard InChI is InChI=1S/C7H8N2.2C3H8.C2H6/c1-6(8)7-2-4-9-5-3-7;2*1-3-2;1-2/h2-5,8H,1H3;2*3H2,1-2H3;1-2H3. The van der Waals surface area contributed by atoms with Crippen LogP contribution in [0.25, 0.3) is 0 Å². The van der Waals surface area contributed by atoms with E-state index in [1.165, 1.54) is 12.8 Å². The zero-order valence-electron chi connectivity index (χ0n) is 12.7. The van der Waals surface area contributed by atoms with E-state index in [1.807, 2.05) is 26.0 Å². The Labute approximate surface area is 108 Å². The van der Waals surface area contributed by atoms with Crippen LogP contribution in [0.15, 0.2) is 24.5 Å². The van der Waals surface area contributed by atoms with E-state index in [0.29, 0.717) is 5.71 Å². The monoisotopic (exact) mass is 238 g/mol. The molecular weight excluding hydrogens is 208 g/mol. The van der Waals surface area contributed by atoms with Crippen LogP contribution in [0, 0.1) is 5.41 Å². The van der Waals surface area contributed by atoms with Crippen LogP contribution in [0.3, 0.4) is 0 Å². The molecule has 0 aromatic carbocycles. The highest BCUT2D eigenvalue weighted by molar-refractivity contribution is 5.95. The second-order valence-electron chi connectivity index (χ2n) is 3.28. The molecule has 0 radical (unpaired) electrons. The summed E-state index contributed by atoms with van der Waals surface area (Å²) in [6.07, 6.45) is 5.88. The fraction of sp³-hybridized carbons (Fsp3) is 0.600. The second-order valence-corrected chi connectivity index (χ2v) is 3.28. The number of hydrogen-bond acceptors (Lipinski definition) is 2. The van der Waals surface area contributed by atoms with Crippen molar-refractivity contribution in [1.82, 2.24) is 4.98 Å². The molecule has 0 amide bonds. The first-order valence-electron chi connectivity index (χ1n) is 6.59. The van der Waals surface area contributed by atoms with Crippen molar-refractivity contribution < 1.29 is 0 Å². The smallest absolute Gasteiger partial charge is 0.0356 e. The molecule has 17 heavy (non-hydrogen) atoms. The second kappa shape index (κ2) is 20.3. The minimum Gasteiger partial charge on any atom is -0.305 e. The van der Waals surface area contributed by atoms with Gasteiger partial charge < -0.3 is 5.41 Å². The predicted molar refractivity (Wildman–Crippen MR) is 80.0 cm³/mol. The molecule has 0 atom stereocenters. The molecule has 100 valence electrons. The van der Waals surface area contributed by atoms with E-state index < -0.39 is 0 Å².